The van der Waals surface area contributed by atoms with Crippen LogP contribution in [0.15, 0.2) is 30.3 Å². The van der Waals surface area contributed by atoms with Gasteiger partial charge in [0.05, 0.1) is 12.2 Å². The quantitative estimate of drug-likeness (QED) is 0.891. The van der Waals surface area contributed by atoms with E-state index >= 15 is 0 Å². The predicted molar refractivity (Wildman–Crippen MR) is 99.7 cm³/mol. The van der Waals surface area contributed by atoms with Gasteiger partial charge in [-0.3, -0.25) is 0 Å². The van der Waals surface area contributed by atoms with Crippen LogP contribution in [0.4, 0.5) is 4.79 Å². The Bertz CT molecular complexity index is 541. The van der Waals surface area contributed by atoms with Crippen LogP contribution in [0.2, 0.25) is 0 Å². The summed E-state index contributed by atoms with van der Waals surface area (Å²) < 4.78 is 5.69. The number of likely N-dealkylation sites (tertiary alicyclic amines) is 1. The molecule has 0 aliphatic carbocycles. The van der Waals surface area contributed by atoms with Gasteiger partial charge in [-0.2, -0.15) is 0 Å². The molecule has 0 aromatic heterocycles. The summed E-state index contributed by atoms with van der Waals surface area (Å²) in [7, 11) is 0. The molecule has 2 aliphatic rings. The fourth-order valence-corrected chi connectivity index (χ4v) is 3.90. The first-order valence-corrected chi connectivity index (χ1v) is 9.54. The Balaban J connectivity index is 1.36. The maximum atomic E-state index is 12.4. The Morgan fingerprint density at radius 2 is 1.88 bits per heavy atom. The molecule has 25 heavy (non-hydrogen) atoms. The summed E-state index contributed by atoms with van der Waals surface area (Å²) in [4.78, 5) is 16.8. The number of urea groups is 1. The third-order valence-corrected chi connectivity index (χ3v) is 5.18. The molecule has 2 saturated heterocycles. The van der Waals surface area contributed by atoms with Crippen LogP contribution < -0.4 is 5.32 Å². The Morgan fingerprint density at radius 1 is 1.16 bits per heavy atom. The Hall–Kier alpha value is -1.59. The lowest BCUT2D eigenvalue weighted by Crippen LogP contribution is -2.52. The second kappa shape index (κ2) is 8.68. The summed E-state index contributed by atoms with van der Waals surface area (Å²) in [6.07, 6.45) is 2.51. The average Bonchev–Trinajstić information content (AvgIpc) is 3.06. The van der Waals surface area contributed by atoms with Gasteiger partial charge in [-0.25, -0.2) is 4.79 Å². The van der Waals surface area contributed by atoms with Crippen LogP contribution in [0, 0.1) is 5.92 Å². The molecule has 2 fully saturated rings. The number of carbonyl (C=O) groups is 1. The zero-order valence-electron chi connectivity index (χ0n) is 15.5. The minimum atomic E-state index is 0.0599. The number of amides is 2. The van der Waals surface area contributed by atoms with Gasteiger partial charge in [-0.05, 0) is 44.7 Å². The highest BCUT2D eigenvalue weighted by molar-refractivity contribution is 5.74. The predicted octanol–water partition coefficient (Wildman–Crippen LogP) is 2.37. The maximum absolute atomic E-state index is 12.4. The molecule has 1 aromatic carbocycles. The zero-order chi connectivity index (χ0) is 17.6. The van der Waals surface area contributed by atoms with Crippen LogP contribution in [0.1, 0.15) is 25.8 Å². The molecule has 3 unspecified atom stereocenters. The van der Waals surface area contributed by atoms with Gasteiger partial charge in [-0.1, -0.05) is 30.3 Å². The molecule has 2 heterocycles. The molecular weight excluding hydrogens is 314 g/mol. The smallest absolute Gasteiger partial charge is 0.317 e. The van der Waals surface area contributed by atoms with Gasteiger partial charge in [0.25, 0.3) is 0 Å². The molecule has 1 aromatic rings. The van der Waals surface area contributed by atoms with E-state index in [0.29, 0.717) is 19.0 Å². The number of hydrogen-bond acceptors (Lipinski definition) is 3. The van der Waals surface area contributed by atoms with E-state index < -0.39 is 0 Å². The molecule has 0 bridgehead atoms. The first kappa shape index (κ1) is 18.2. The van der Waals surface area contributed by atoms with Crippen molar-refractivity contribution >= 4 is 6.03 Å². The second-order valence-corrected chi connectivity index (χ2v) is 7.54. The monoisotopic (exact) mass is 345 g/mol. The summed E-state index contributed by atoms with van der Waals surface area (Å²) in [6.45, 7) is 9.53. The van der Waals surface area contributed by atoms with Crippen molar-refractivity contribution in [3.8, 4) is 0 Å². The third-order valence-electron chi connectivity index (χ3n) is 5.18. The van der Waals surface area contributed by atoms with Crippen LogP contribution in [0.3, 0.4) is 0 Å². The van der Waals surface area contributed by atoms with E-state index in [4.69, 9.17) is 4.74 Å². The average molecular weight is 345 g/mol. The Kier molecular flexibility index (Phi) is 6.32. The minimum Gasteiger partial charge on any atom is -0.372 e. The number of nitrogens with zero attached hydrogens (tertiary/aromatic N) is 2. The van der Waals surface area contributed by atoms with Gasteiger partial charge in [0.2, 0.25) is 0 Å². The van der Waals surface area contributed by atoms with Crippen molar-refractivity contribution in [2.45, 2.75) is 38.9 Å². The molecule has 2 amide bonds. The highest BCUT2D eigenvalue weighted by atomic mass is 16.5. The minimum absolute atomic E-state index is 0.0599. The van der Waals surface area contributed by atoms with E-state index in [0.717, 1.165) is 32.6 Å². The van der Waals surface area contributed by atoms with Crippen LogP contribution in [0.25, 0.3) is 0 Å². The second-order valence-electron chi connectivity index (χ2n) is 7.54. The highest BCUT2D eigenvalue weighted by Crippen LogP contribution is 2.16. The SMILES string of the molecule is CC1CN(C(=O)NCC2CCN(CCc3ccccc3)C2)CC(C)O1. The summed E-state index contributed by atoms with van der Waals surface area (Å²) in [6, 6.07) is 10.7. The van der Waals surface area contributed by atoms with E-state index in [1.807, 2.05) is 18.7 Å². The summed E-state index contributed by atoms with van der Waals surface area (Å²) in [5, 5.41) is 3.13. The summed E-state index contributed by atoms with van der Waals surface area (Å²) in [5.74, 6) is 0.565. The number of nitrogens with one attached hydrogen (secondary N) is 1. The van der Waals surface area contributed by atoms with Crippen molar-refractivity contribution in [3.63, 3.8) is 0 Å². The van der Waals surface area contributed by atoms with Gasteiger partial charge in [0.15, 0.2) is 0 Å². The fraction of sp³-hybridized carbons (Fsp3) is 0.650. The zero-order valence-corrected chi connectivity index (χ0v) is 15.5. The molecule has 0 radical (unpaired) electrons. The Morgan fingerprint density at radius 3 is 2.60 bits per heavy atom. The summed E-state index contributed by atoms with van der Waals surface area (Å²) >= 11 is 0. The summed E-state index contributed by atoms with van der Waals surface area (Å²) in [5.41, 5.74) is 1.40. The van der Waals surface area contributed by atoms with Crippen LogP contribution >= 0.6 is 0 Å². The van der Waals surface area contributed by atoms with Gasteiger partial charge < -0.3 is 19.9 Å². The molecule has 138 valence electrons. The molecule has 0 saturated carbocycles. The van der Waals surface area contributed by atoms with Gasteiger partial charge in [-0.15, -0.1) is 0 Å². The van der Waals surface area contributed by atoms with Crippen molar-refractivity contribution in [2.75, 3.05) is 39.3 Å². The van der Waals surface area contributed by atoms with Crippen molar-refractivity contribution in [1.29, 1.82) is 0 Å². The standard InChI is InChI=1S/C20H31N3O2/c1-16-13-23(14-17(2)25-16)20(24)21-12-19-9-11-22(15-19)10-8-18-6-4-3-5-7-18/h3-7,16-17,19H,8-15H2,1-2H3,(H,21,24). The highest BCUT2D eigenvalue weighted by Gasteiger charge is 2.27. The molecule has 1 N–H and O–H groups in total. The van der Waals surface area contributed by atoms with E-state index in [1.165, 1.54) is 12.0 Å². The van der Waals surface area contributed by atoms with Gasteiger partial charge >= 0.3 is 6.03 Å². The molecule has 5 nitrogen and oxygen atoms in total. The van der Waals surface area contributed by atoms with Crippen LogP contribution in [-0.2, 0) is 11.2 Å². The van der Waals surface area contributed by atoms with Gasteiger partial charge in [0.1, 0.15) is 0 Å². The molecule has 2 aliphatic heterocycles. The number of morpholine rings is 1. The molecule has 0 spiro atoms. The molecule has 3 atom stereocenters. The lowest BCUT2D eigenvalue weighted by molar-refractivity contribution is -0.0545. The first-order chi connectivity index (χ1) is 12.1. The van der Waals surface area contributed by atoms with Crippen molar-refractivity contribution < 1.29 is 9.53 Å². The normalized spacial score (nSPS) is 27.4. The number of rotatable bonds is 5. The lowest BCUT2D eigenvalue weighted by Gasteiger charge is -2.35. The van der Waals surface area contributed by atoms with E-state index in [9.17, 15) is 4.79 Å². The maximum Gasteiger partial charge on any atom is 0.317 e. The van der Waals surface area contributed by atoms with Gasteiger partial charge in [0, 0.05) is 32.7 Å². The molecule has 5 heteroatoms. The number of benzene rings is 1. The third kappa shape index (κ3) is 5.44. The topological polar surface area (TPSA) is 44.8 Å². The van der Waals surface area contributed by atoms with Crippen LogP contribution in [0.5, 0.6) is 0 Å². The largest absolute Gasteiger partial charge is 0.372 e. The first-order valence-electron chi connectivity index (χ1n) is 9.54. The molecule has 3 rings (SSSR count). The van der Waals surface area contributed by atoms with Crippen molar-refractivity contribution in [3.05, 3.63) is 35.9 Å². The fourth-order valence-electron chi connectivity index (χ4n) is 3.90. The van der Waals surface area contributed by atoms with Crippen molar-refractivity contribution in [1.82, 2.24) is 15.1 Å². The lowest BCUT2D eigenvalue weighted by atomic mass is 10.1. The van der Waals surface area contributed by atoms with E-state index in [1.54, 1.807) is 0 Å². The van der Waals surface area contributed by atoms with E-state index in [2.05, 4.69) is 40.5 Å². The van der Waals surface area contributed by atoms with Crippen LogP contribution in [-0.4, -0.2) is 67.3 Å². The Labute approximate surface area is 151 Å². The number of ether oxygens (including phenoxy) is 1. The van der Waals surface area contributed by atoms with E-state index in [-0.39, 0.29) is 18.2 Å². The van der Waals surface area contributed by atoms with Crippen molar-refractivity contribution in [2.24, 2.45) is 5.92 Å². The number of hydrogen-bond donors (Lipinski definition) is 1. The molecular formula is C20H31N3O2. The number of carbonyl (C=O) groups excluding carboxylic acids is 1.